The first-order valence-corrected chi connectivity index (χ1v) is 5.43. The Morgan fingerprint density at radius 2 is 2.29 bits per heavy atom. The summed E-state index contributed by atoms with van der Waals surface area (Å²) in [5.41, 5.74) is 1.35. The van der Waals surface area contributed by atoms with Crippen LogP contribution in [-0.4, -0.2) is 26.3 Å². The van der Waals surface area contributed by atoms with Gasteiger partial charge in [-0.2, -0.15) is 0 Å². The smallest absolute Gasteiger partial charge is 0.337 e. The molecule has 4 nitrogen and oxygen atoms in total. The molecule has 0 N–H and O–H groups in total. The molecule has 0 radical (unpaired) electrons. The van der Waals surface area contributed by atoms with Crippen LogP contribution in [0.2, 0.25) is 0 Å². The standard InChI is InChI=1S/C13H14O4/c1-3-16-13(14)10-7-9-5-4-6-11(15-2)12(9)17-8-10/h4-7H,3,8H2,1-2H3. The quantitative estimate of drug-likeness (QED) is 0.751. The van der Waals surface area contributed by atoms with E-state index in [-0.39, 0.29) is 12.6 Å². The molecule has 0 spiro atoms. The average molecular weight is 234 g/mol. The van der Waals surface area contributed by atoms with E-state index in [1.165, 1.54) is 0 Å². The van der Waals surface area contributed by atoms with Crippen molar-refractivity contribution in [3.8, 4) is 11.5 Å². The number of benzene rings is 1. The van der Waals surface area contributed by atoms with Gasteiger partial charge >= 0.3 is 5.97 Å². The van der Waals surface area contributed by atoms with Crippen molar-refractivity contribution >= 4 is 12.0 Å². The summed E-state index contributed by atoms with van der Waals surface area (Å²) in [6.45, 7) is 2.35. The first kappa shape index (κ1) is 11.5. The van der Waals surface area contributed by atoms with Crippen LogP contribution in [0, 0.1) is 0 Å². The van der Waals surface area contributed by atoms with Crippen LogP contribution in [0.15, 0.2) is 23.8 Å². The number of hydrogen-bond acceptors (Lipinski definition) is 4. The Bertz CT molecular complexity index is 462. The molecule has 4 heteroatoms. The fourth-order valence-electron chi connectivity index (χ4n) is 1.68. The zero-order chi connectivity index (χ0) is 12.3. The Morgan fingerprint density at radius 3 is 3.00 bits per heavy atom. The summed E-state index contributed by atoms with van der Waals surface area (Å²) < 4.78 is 15.7. The summed E-state index contributed by atoms with van der Waals surface area (Å²) >= 11 is 0. The summed E-state index contributed by atoms with van der Waals surface area (Å²) in [5.74, 6) is 1.01. The fraction of sp³-hybridized carbons (Fsp3) is 0.308. The second-order valence-electron chi connectivity index (χ2n) is 3.56. The molecule has 0 amide bonds. The number of methoxy groups -OCH3 is 1. The minimum Gasteiger partial charge on any atom is -0.493 e. The maximum atomic E-state index is 11.6. The Hall–Kier alpha value is -1.97. The summed E-state index contributed by atoms with van der Waals surface area (Å²) in [4.78, 5) is 11.6. The molecule has 0 unspecified atom stereocenters. The van der Waals surface area contributed by atoms with Gasteiger partial charge in [-0.1, -0.05) is 12.1 Å². The molecule has 1 heterocycles. The number of carbonyl (C=O) groups excluding carboxylic acids is 1. The van der Waals surface area contributed by atoms with Gasteiger partial charge in [0.15, 0.2) is 11.5 Å². The van der Waals surface area contributed by atoms with Crippen LogP contribution < -0.4 is 9.47 Å². The van der Waals surface area contributed by atoms with Crippen molar-refractivity contribution in [2.24, 2.45) is 0 Å². The van der Waals surface area contributed by atoms with Crippen molar-refractivity contribution in [1.82, 2.24) is 0 Å². The highest BCUT2D eigenvalue weighted by Crippen LogP contribution is 2.35. The highest BCUT2D eigenvalue weighted by atomic mass is 16.5. The fourth-order valence-corrected chi connectivity index (χ4v) is 1.68. The van der Waals surface area contributed by atoms with Crippen LogP contribution >= 0.6 is 0 Å². The molecule has 0 saturated carbocycles. The van der Waals surface area contributed by atoms with Crippen molar-refractivity contribution in [2.75, 3.05) is 20.3 Å². The van der Waals surface area contributed by atoms with Crippen LogP contribution in [0.4, 0.5) is 0 Å². The summed E-state index contributed by atoms with van der Waals surface area (Å²) in [6, 6.07) is 5.55. The Morgan fingerprint density at radius 1 is 1.47 bits per heavy atom. The maximum Gasteiger partial charge on any atom is 0.337 e. The predicted molar refractivity (Wildman–Crippen MR) is 63.1 cm³/mol. The highest BCUT2D eigenvalue weighted by Gasteiger charge is 2.20. The third kappa shape index (κ3) is 2.25. The number of para-hydroxylation sites is 1. The molecular formula is C13H14O4. The van der Waals surface area contributed by atoms with Gasteiger partial charge in [-0.15, -0.1) is 0 Å². The predicted octanol–water partition coefficient (Wildman–Crippen LogP) is 2.03. The molecular weight excluding hydrogens is 220 g/mol. The normalized spacial score (nSPS) is 13.2. The summed E-state index contributed by atoms with van der Waals surface area (Å²) in [7, 11) is 1.59. The molecule has 90 valence electrons. The number of rotatable bonds is 3. The van der Waals surface area contributed by atoms with Gasteiger partial charge in [0.25, 0.3) is 0 Å². The first-order valence-electron chi connectivity index (χ1n) is 5.43. The minimum atomic E-state index is -0.332. The second-order valence-corrected chi connectivity index (χ2v) is 3.56. The lowest BCUT2D eigenvalue weighted by molar-refractivity contribution is -0.138. The molecule has 1 aliphatic rings. The highest BCUT2D eigenvalue weighted by molar-refractivity contribution is 5.95. The van der Waals surface area contributed by atoms with Crippen LogP contribution in [0.25, 0.3) is 6.08 Å². The lowest BCUT2D eigenvalue weighted by Gasteiger charge is -2.19. The van der Waals surface area contributed by atoms with Crippen LogP contribution in [0.1, 0.15) is 12.5 Å². The van der Waals surface area contributed by atoms with Crippen LogP contribution in [0.5, 0.6) is 11.5 Å². The number of hydrogen-bond donors (Lipinski definition) is 0. The zero-order valence-corrected chi connectivity index (χ0v) is 9.86. The molecule has 1 aromatic carbocycles. The Labute approximate surface area is 99.8 Å². The van der Waals surface area contributed by atoms with E-state index in [4.69, 9.17) is 14.2 Å². The third-order valence-electron chi connectivity index (χ3n) is 2.47. The molecule has 0 bridgehead atoms. The van der Waals surface area contributed by atoms with Gasteiger partial charge in [0.05, 0.1) is 19.3 Å². The molecule has 0 fully saturated rings. The molecule has 17 heavy (non-hydrogen) atoms. The third-order valence-corrected chi connectivity index (χ3v) is 2.47. The van der Waals surface area contributed by atoms with E-state index in [0.717, 1.165) is 5.56 Å². The molecule has 2 rings (SSSR count). The molecule has 0 aliphatic carbocycles. The molecule has 0 aromatic heterocycles. The second kappa shape index (κ2) is 4.91. The van der Waals surface area contributed by atoms with E-state index in [2.05, 4.69) is 0 Å². The SMILES string of the molecule is CCOC(=O)C1=Cc2cccc(OC)c2OC1. The van der Waals surface area contributed by atoms with E-state index < -0.39 is 0 Å². The molecule has 0 saturated heterocycles. The van der Waals surface area contributed by atoms with E-state index in [9.17, 15) is 4.79 Å². The van der Waals surface area contributed by atoms with Gasteiger partial charge in [-0.25, -0.2) is 4.79 Å². The summed E-state index contributed by atoms with van der Waals surface area (Å²) in [5, 5.41) is 0. The lowest BCUT2D eigenvalue weighted by Crippen LogP contribution is -2.17. The van der Waals surface area contributed by atoms with E-state index >= 15 is 0 Å². The molecule has 1 aromatic rings. The molecule has 1 aliphatic heterocycles. The number of ether oxygens (including phenoxy) is 3. The number of esters is 1. The van der Waals surface area contributed by atoms with Crippen molar-refractivity contribution in [3.63, 3.8) is 0 Å². The maximum absolute atomic E-state index is 11.6. The molecule has 0 atom stereocenters. The van der Waals surface area contributed by atoms with Crippen molar-refractivity contribution in [2.45, 2.75) is 6.92 Å². The van der Waals surface area contributed by atoms with Crippen molar-refractivity contribution in [1.29, 1.82) is 0 Å². The van der Waals surface area contributed by atoms with Gasteiger partial charge in [0.1, 0.15) is 6.61 Å². The monoisotopic (exact) mass is 234 g/mol. The average Bonchev–Trinajstić information content (AvgIpc) is 2.37. The van der Waals surface area contributed by atoms with E-state index in [0.29, 0.717) is 23.7 Å². The largest absolute Gasteiger partial charge is 0.493 e. The van der Waals surface area contributed by atoms with Crippen LogP contribution in [0.3, 0.4) is 0 Å². The van der Waals surface area contributed by atoms with Crippen molar-refractivity contribution in [3.05, 3.63) is 29.3 Å². The van der Waals surface area contributed by atoms with Gasteiger partial charge in [0, 0.05) is 5.56 Å². The van der Waals surface area contributed by atoms with Gasteiger partial charge in [-0.05, 0) is 19.1 Å². The number of fused-ring (bicyclic) bond motifs is 1. The van der Waals surface area contributed by atoms with Crippen LogP contribution in [-0.2, 0) is 9.53 Å². The van der Waals surface area contributed by atoms with Gasteiger partial charge in [-0.3, -0.25) is 0 Å². The van der Waals surface area contributed by atoms with E-state index in [1.807, 2.05) is 18.2 Å². The van der Waals surface area contributed by atoms with Gasteiger partial charge in [0.2, 0.25) is 0 Å². The Balaban J connectivity index is 2.32. The van der Waals surface area contributed by atoms with E-state index in [1.54, 1.807) is 20.1 Å². The summed E-state index contributed by atoms with van der Waals surface area (Å²) in [6.07, 6.45) is 1.78. The topological polar surface area (TPSA) is 44.8 Å². The number of carbonyl (C=O) groups is 1. The van der Waals surface area contributed by atoms with Crippen molar-refractivity contribution < 1.29 is 19.0 Å². The first-order chi connectivity index (χ1) is 8.26. The minimum absolute atomic E-state index is 0.214. The zero-order valence-electron chi connectivity index (χ0n) is 9.86. The Kier molecular flexibility index (Phi) is 3.32. The van der Waals surface area contributed by atoms with Gasteiger partial charge < -0.3 is 14.2 Å². The lowest BCUT2D eigenvalue weighted by atomic mass is 10.1.